The summed E-state index contributed by atoms with van der Waals surface area (Å²) in [4.78, 5) is 49.8. The largest absolute Gasteiger partial charge is 0.507 e. The predicted octanol–water partition coefficient (Wildman–Crippen LogP) is 7.32. The number of carbonyl (C=O) groups excluding carboxylic acids is 4. The Morgan fingerprint density at radius 2 is 1.04 bits per heavy atom. The smallest absolute Gasteiger partial charge is 0.273 e. The lowest BCUT2D eigenvalue weighted by Crippen LogP contribution is -2.44. The summed E-state index contributed by atoms with van der Waals surface area (Å²) >= 11 is 0. The van der Waals surface area contributed by atoms with Crippen molar-refractivity contribution in [3.63, 3.8) is 0 Å². The number of para-hydroxylation sites is 2. The van der Waals surface area contributed by atoms with E-state index in [4.69, 9.17) is 0 Å². The highest BCUT2D eigenvalue weighted by atomic mass is 16.3. The van der Waals surface area contributed by atoms with Gasteiger partial charge in [0.2, 0.25) is 11.8 Å². The molecule has 0 bridgehead atoms. The highest BCUT2D eigenvalue weighted by Gasteiger charge is 2.18. The Hall–Kier alpha value is -4.08. The van der Waals surface area contributed by atoms with E-state index < -0.39 is 11.8 Å². The van der Waals surface area contributed by atoms with Crippen molar-refractivity contribution in [3.8, 4) is 11.5 Å². The second kappa shape index (κ2) is 23.3. The first-order valence-corrected chi connectivity index (χ1v) is 18.0. The fourth-order valence-electron chi connectivity index (χ4n) is 5.58. The average molecular weight is 667 g/mol. The van der Waals surface area contributed by atoms with Gasteiger partial charge < -0.3 is 10.2 Å². The number of nitrogens with one attached hydrogen (secondary N) is 4. The molecular weight excluding hydrogens is 608 g/mol. The van der Waals surface area contributed by atoms with Crippen LogP contribution in [0.15, 0.2) is 36.4 Å². The number of hydrazine groups is 2. The molecule has 2 aromatic rings. The Labute approximate surface area is 286 Å². The molecule has 2 aromatic carbocycles. The Morgan fingerprint density at radius 1 is 0.583 bits per heavy atom. The van der Waals surface area contributed by atoms with Crippen LogP contribution in [0, 0.1) is 5.92 Å². The molecule has 6 N–H and O–H groups in total. The molecule has 10 nitrogen and oxygen atoms in total. The molecule has 0 aliphatic carbocycles. The van der Waals surface area contributed by atoms with Crippen LogP contribution >= 0.6 is 0 Å². The predicted molar refractivity (Wildman–Crippen MR) is 189 cm³/mol. The van der Waals surface area contributed by atoms with Crippen LogP contribution in [0.3, 0.4) is 0 Å². The zero-order chi connectivity index (χ0) is 35.1. The highest BCUT2D eigenvalue weighted by molar-refractivity contribution is 5.98. The van der Waals surface area contributed by atoms with E-state index >= 15 is 0 Å². The van der Waals surface area contributed by atoms with E-state index in [9.17, 15) is 29.4 Å². The molecular formula is C38H58N4O6. The summed E-state index contributed by atoms with van der Waals surface area (Å²) in [5.41, 5.74) is 11.5. The van der Waals surface area contributed by atoms with Crippen molar-refractivity contribution in [3.05, 3.63) is 58.7 Å². The van der Waals surface area contributed by atoms with E-state index in [1.54, 1.807) is 24.3 Å². The van der Waals surface area contributed by atoms with Gasteiger partial charge in [0.25, 0.3) is 11.8 Å². The number of unbranched alkanes of at least 4 members (excludes halogenated alkanes) is 11. The van der Waals surface area contributed by atoms with Gasteiger partial charge in [0.05, 0.1) is 11.1 Å². The summed E-state index contributed by atoms with van der Waals surface area (Å²) in [6.07, 6.45) is 16.3. The van der Waals surface area contributed by atoms with Gasteiger partial charge in [-0.25, -0.2) is 0 Å². The Balaban J connectivity index is 1.56. The third-order valence-electron chi connectivity index (χ3n) is 8.68. The Bertz CT molecular complexity index is 1300. The fourth-order valence-corrected chi connectivity index (χ4v) is 5.58. The van der Waals surface area contributed by atoms with E-state index in [0.29, 0.717) is 25.7 Å². The number of amides is 4. The van der Waals surface area contributed by atoms with Crippen LogP contribution in [0.4, 0.5) is 0 Å². The molecule has 2 rings (SSSR count). The zero-order valence-electron chi connectivity index (χ0n) is 29.3. The van der Waals surface area contributed by atoms with Crippen LogP contribution in [0.1, 0.15) is 155 Å². The summed E-state index contributed by atoms with van der Waals surface area (Å²) in [7, 11) is 0. The first kappa shape index (κ1) is 40.1. The quantitative estimate of drug-likeness (QED) is 0.0571. The molecule has 0 radical (unpaired) electrons. The minimum atomic E-state index is -0.544. The number of aryl methyl sites for hydroxylation is 2. The summed E-state index contributed by atoms with van der Waals surface area (Å²) < 4.78 is 0. The second-order valence-corrected chi connectivity index (χ2v) is 12.8. The minimum absolute atomic E-state index is 0.0338. The molecule has 48 heavy (non-hydrogen) atoms. The van der Waals surface area contributed by atoms with Gasteiger partial charge in [-0.3, -0.25) is 40.9 Å². The van der Waals surface area contributed by atoms with Crippen molar-refractivity contribution in [1.29, 1.82) is 0 Å². The van der Waals surface area contributed by atoms with Gasteiger partial charge in [0, 0.05) is 12.3 Å². The molecule has 0 heterocycles. The van der Waals surface area contributed by atoms with Crippen molar-refractivity contribution in [2.24, 2.45) is 5.92 Å². The van der Waals surface area contributed by atoms with E-state index in [2.05, 4.69) is 35.6 Å². The minimum Gasteiger partial charge on any atom is -0.507 e. The molecule has 0 aliphatic heterocycles. The number of aromatic hydroxyl groups is 2. The summed E-state index contributed by atoms with van der Waals surface area (Å²) in [6.45, 7) is 6.10. The number of rotatable bonds is 22. The number of phenolic OH excluding ortho intramolecular Hbond substituents is 2. The van der Waals surface area contributed by atoms with Gasteiger partial charge in [-0.1, -0.05) is 116 Å². The van der Waals surface area contributed by atoms with Crippen LogP contribution in [-0.4, -0.2) is 33.8 Å². The molecule has 0 saturated carbocycles. The number of hydrogen-bond donors (Lipinski definition) is 6. The number of benzene rings is 2. The molecule has 0 saturated heterocycles. The zero-order valence-corrected chi connectivity index (χ0v) is 29.3. The molecule has 0 aromatic heterocycles. The Morgan fingerprint density at radius 3 is 1.56 bits per heavy atom. The van der Waals surface area contributed by atoms with E-state index in [1.807, 2.05) is 19.1 Å². The van der Waals surface area contributed by atoms with Gasteiger partial charge >= 0.3 is 0 Å². The lowest BCUT2D eigenvalue weighted by Gasteiger charge is -2.14. The molecule has 0 fully saturated rings. The van der Waals surface area contributed by atoms with Gasteiger partial charge in [-0.2, -0.15) is 0 Å². The van der Waals surface area contributed by atoms with Crippen molar-refractivity contribution < 1.29 is 29.4 Å². The van der Waals surface area contributed by atoms with Crippen LogP contribution in [-0.2, 0) is 22.4 Å². The third-order valence-corrected chi connectivity index (χ3v) is 8.68. The first-order chi connectivity index (χ1) is 23.2. The average Bonchev–Trinajstić information content (AvgIpc) is 3.08. The first-order valence-electron chi connectivity index (χ1n) is 18.0. The van der Waals surface area contributed by atoms with Crippen LogP contribution in [0.2, 0.25) is 0 Å². The van der Waals surface area contributed by atoms with Crippen molar-refractivity contribution in [2.45, 2.75) is 136 Å². The van der Waals surface area contributed by atoms with Crippen LogP contribution in [0.25, 0.3) is 0 Å². The van der Waals surface area contributed by atoms with Crippen molar-refractivity contribution >= 4 is 23.6 Å². The number of carbonyl (C=O) groups is 4. The normalized spacial score (nSPS) is 11.5. The molecule has 4 amide bonds. The van der Waals surface area contributed by atoms with Crippen LogP contribution < -0.4 is 21.7 Å². The van der Waals surface area contributed by atoms with Crippen molar-refractivity contribution in [2.75, 3.05) is 0 Å². The lowest BCUT2D eigenvalue weighted by molar-refractivity contribution is -0.125. The topological polar surface area (TPSA) is 157 Å². The highest BCUT2D eigenvalue weighted by Crippen LogP contribution is 2.25. The number of phenols is 2. The maximum absolute atomic E-state index is 12.6. The summed E-state index contributed by atoms with van der Waals surface area (Å²) in [6, 6.07) is 10.2. The standard InChI is InChI=1S/C38H58N4O6/c1-4-6-8-15-21-29-23-18-25-31(34(29)44)37(47)41-39-33(43)27-17-13-11-10-12-14-20-28(3)36(46)40-42-38(48)32-26-19-24-30(35(32)45)22-16-9-7-5-2/h18-19,23-26,28,44-45H,4-17,20-22,27H2,1-3H3,(H,39,43)(H,40,46)(H,41,47)(H,42,48). The summed E-state index contributed by atoms with van der Waals surface area (Å²) in [5, 5.41) is 21.1. The summed E-state index contributed by atoms with van der Waals surface area (Å²) in [5.74, 6) is -1.99. The fraction of sp³-hybridized carbons (Fsp3) is 0.579. The molecule has 1 unspecified atom stereocenters. The van der Waals surface area contributed by atoms with E-state index in [1.165, 1.54) is 0 Å². The second-order valence-electron chi connectivity index (χ2n) is 12.8. The molecule has 10 heteroatoms. The number of hydrogen-bond acceptors (Lipinski definition) is 6. The molecule has 0 aliphatic rings. The van der Waals surface area contributed by atoms with E-state index in [0.717, 1.165) is 94.6 Å². The lowest BCUT2D eigenvalue weighted by atomic mass is 10.0. The Kier molecular flexibility index (Phi) is 19.4. The maximum atomic E-state index is 12.6. The van der Waals surface area contributed by atoms with Crippen LogP contribution in [0.5, 0.6) is 11.5 Å². The van der Waals surface area contributed by atoms with Gasteiger partial charge in [-0.15, -0.1) is 0 Å². The SMILES string of the molecule is CCCCCCc1cccc(C(=O)NNC(=O)CCCCCCCCC(C)C(=O)NNC(=O)c2cccc(CCCCCC)c2O)c1O. The molecule has 0 spiro atoms. The third kappa shape index (κ3) is 14.8. The van der Waals surface area contributed by atoms with E-state index in [-0.39, 0.29) is 46.8 Å². The van der Waals surface area contributed by atoms with Gasteiger partial charge in [0.1, 0.15) is 11.5 Å². The maximum Gasteiger partial charge on any atom is 0.273 e. The molecule has 1 atom stereocenters. The van der Waals surface area contributed by atoms with Gasteiger partial charge in [0.15, 0.2) is 0 Å². The molecule has 266 valence electrons. The van der Waals surface area contributed by atoms with Crippen molar-refractivity contribution in [1.82, 2.24) is 21.7 Å². The monoisotopic (exact) mass is 666 g/mol. The van der Waals surface area contributed by atoms with Gasteiger partial charge in [-0.05, 0) is 61.8 Å².